The van der Waals surface area contributed by atoms with Gasteiger partial charge >= 0.3 is 0 Å². The van der Waals surface area contributed by atoms with Crippen molar-refractivity contribution >= 4 is 5.91 Å². The van der Waals surface area contributed by atoms with Crippen LogP contribution in [0.15, 0.2) is 36.4 Å². The van der Waals surface area contributed by atoms with Crippen LogP contribution in [0.2, 0.25) is 0 Å². The standard InChI is InChI=1S/C22H25NO3/c24-22(15-17-5-7-18-3-1-2-4-19(18)13-17)23-10-9-16-6-8-20-21(14-16)26-12-11-25-20/h5-8,13-14H,1-4,9-12,15H2,(H,23,24). The number of hydrogen-bond donors (Lipinski definition) is 1. The molecule has 136 valence electrons. The van der Waals surface area contributed by atoms with Crippen LogP contribution in [0.25, 0.3) is 0 Å². The molecule has 0 aromatic heterocycles. The Balaban J connectivity index is 1.28. The molecule has 0 saturated heterocycles. The summed E-state index contributed by atoms with van der Waals surface area (Å²) in [5.74, 6) is 1.68. The summed E-state index contributed by atoms with van der Waals surface area (Å²) < 4.78 is 11.1. The van der Waals surface area contributed by atoms with Gasteiger partial charge in [-0.2, -0.15) is 0 Å². The van der Waals surface area contributed by atoms with Crippen molar-refractivity contribution in [2.45, 2.75) is 38.5 Å². The highest BCUT2D eigenvalue weighted by Gasteiger charge is 2.13. The van der Waals surface area contributed by atoms with E-state index in [0.29, 0.717) is 26.2 Å². The number of aryl methyl sites for hydroxylation is 2. The van der Waals surface area contributed by atoms with E-state index in [1.807, 2.05) is 18.2 Å². The van der Waals surface area contributed by atoms with E-state index in [1.54, 1.807) is 0 Å². The largest absolute Gasteiger partial charge is 0.486 e. The predicted molar refractivity (Wildman–Crippen MR) is 101 cm³/mol. The first-order chi connectivity index (χ1) is 12.8. The number of carbonyl (C=O) groups is 1. The molecule has 0 radical (unpaired) electrons. The minimum atomic E-state index is 0.0818. The lowest BCUT2D eigenvalue weighted by Gasteiger charge is -2.19. The molecule has 0 saturated carbocycles. The number of amides is 1. The first-order valence-electron chi connectivity index (χ1n) is 9.54. The molecule has 0 atom stereocenters. The maximum atomic E-state index is 12.2. The second-order valence-electron chi connectivity index (χ2n) is 7.06. The van der Waals surface area contributed by atoms with Crippen molar-refractivity contribution in [1.29, 1.82) is 0 Å². The lowest BCUT2D eigenvalue weighted by atomic mass is 9.90. The van der Waals surface area contributed by atoms with Gasteiger partial charge in [-0.1, -0.05) is 24.3 Å². The van der Waals surface area contributed by atoms with Gasteiger partial charge in [0.05, 0.1) is 6.42 Å². The van der Waals surface area contributed by atoms with Crippen molar-refractivity contribution in [3.05, 3.63) is 58.7 Å². The normalized spacial score (nSPS) is 15.2. The van der Waals surface area contributed by atoms with Crippen molar-refractivity contribution < 1.29 is 14.3 Å². The molecule has 2 aromatic rings. The molecule has 1 heterocycles. The van der Waals surface area contributed by atoms with Gasteiger partial charge in [0.2, 0.25) is 5.91 Å². The van der Waals surface area contributed by atoms with E-state index < -0.39 is 0 Å². The smallest absolute Gasteiger partial charge is 0.224 e. The fraction of sp³-hybridized carbons (Fsp3) is 0.409. The first-order valence-corrected chi connectivity index (χ1v) is 9.54. The van der Waals surface area contributed by atoms with E-state index in [0.717, 1.165) is 35.5 Å². The maximum absolute atomic E-state index is 12.2. The molecular formula is C22H25NO3. The molecule has 4 rings (SSSR count). The van der Waals surface area contributed by atoms with Crippen LogP contribution in [-0.4, -0.2) is 25.7 Å². The molecule has 2 aliphatic rings. The SMILES string of the molecule is O=C(Cc1ccc2c(c1)CCCC2)NCCc1ccc2c(c1)OCCO2. The highest BCUT2D eigenvalue weighted by atomic mass is 16.6. The summed E-state index contributed by atoms with van der Waals surface area (Å²) in [5.41, 5.74) is 5.14. The van der Waals surface area contributed by atoms with Crippen molar-refractivity contribution in [1.82, 2.24) is 5.32 Å². The fourth-order valence-corrected chi connectivity index (χ4v) is 3.73. The molecule has 1 aliphatic heterocycles. The van der Waals surface area contributed by atoms with Crippen LogP contribution in [0.4, 0.5) is 0 Å². The third kappa shape index (κ3) is 4.01. The second-order valence-corrected chi connectivity index (χ2v) is 7.06. The lowest BCUT2D eigenvalue weighted by molar-refractivity contribution is -0.120. The van der Waals surface area contributed by atoms with Crippen LogP contribution < -0.4 is 14.8 Å². The maximum Gasteiger partial charge on any atom is 0.224 e. The number of benzene rings is 2. The molecule has 4 nitrogen and oxygen atoms in total. The van der Waals surface area contributed by atoms with E-state index in [4.69, 9.17) is 9.47 Å². The van der Waals surface area contributed by atoms with Crippen LogP contribution >= 0.6 is 0 Å². The Morgan fingerprint density at radius 3 is 2.54 bits per heavy atom. The molecule has 1 aliphatic carbocycles. The summed E-state index contributed by atoms with van der Waals surface area (Å²) in [7, 11) is 0. The van der Waals surface area contributed by atoms with E-state index in [-0.39, 0.29) is 5.91 Å². The second kappa shape index (κ2) is 7.81. The third-order valence-electron chi connectivity index (χ3n) is 5.12. The van der Waals surface area contributed by atoms with E-state index in [9.17, 15) is 4.79 Å². The summed E-state index contributed by atoms with van der Waals surface area (Å²) in [6, 6.07) is 12.5. The Morgan fingerprint density at radius 2 is 1.65 bits per heavy atom. The molecule has 4 heteroatoms. The summed E-state index contributed by atoms with van der Waals surface area (Å²) in [5, 5.41) is 3.03. The Labute approximate surface area is 154 Å². The predicted octanol–water partition coefficient (Wildman–Crippen LogP) is 3.24. The van der Waals surface area contributed by atoms with E-state index in [2.05, 4.69) is 23.5 Å². The highest BCUT2D eigenvalue weighted by Crippen LogP contribution is 2.30. The van der Waals surface area contributed by atoms with Gasteiger partial charge in [0.1, 0.15) is 13.2 Å². The molecule has 26 heavy (non-hydrogen) atoms. The van der Waals surface area contributed by atoms with Gasteiger partial charge in [0.15, 0.2) is 11.5 Å². The molecule has 2 aromatic carbocycles. The van der Waals surface area contributed by atoms with E-state index in [1.165, 1.54) is 30.4 Å². The van der Waals surface area contributed by atoms with Crippen molar-refractivity contribution in [2.75, 3.05) is 19.8 Å². The number of fused-ring (bicyclic) bond motifs is 2. The van der Waals surface area contributed by atoms with Gasteiger partial charge < -0.3 is 14.8 Å². The minimum absolute atomic E-state index is 0.0818. The van der Waals surface area contributed by atoms with Gasteiger partial charge in [0.25, 0.3) is 0 Å². The zero-order chi connectivity index (χ0) is 17.8. The third-order valence-corrected chi connectivity index (χ3v) is 5.12. The van der Waals surface area contributed by atoms with E-state index >= 15 is 0 Å². The van der Waals surface area contributed by atoms with Gasteiger partial charge in [-0.25, -0.2) is 0 Å². The van der Waals surface area contributed by atoms with Crippen LogP contribution in [0, 0.1) is 0 Å². The highest BCUT2D eigenvalue weighted by molar-refractivity contribution is 5.78. The number of nitrogens with one attached hydrogen (secondary N) is 1. The van der Waals surface area contributed by atoms with Gasteiger partial charge in [-0.3, -0.25) is 4.79 Å². The Morgan fingerprint density at radius 1 is 0.885 bits per heavy atom. The number of ether oxygens (including phenoxy) is 2. The van der Waals surface area contributed by atoms with Crippen molar-refractivity contribution in [3.8, 4) is 11.5 Å². The molecule has 0 bridgehead atoms. The minimum Gasteiger partial charge on any atom is -0.486 e. The Bertz CT molecular complexity index is 800. The molecule has 1 amide bonds. The molecule has 0 unspecified atom stereocenters. The average molecular weight is 351 g/mol. The lowest BCUT2D eigenvalue weighted by Crippen LogP contribution is -2.27. The van der Waals surface area contributed by atoms with Gasteiger partial charge in [-0.15, -0.1) is 0 Å². The molecule has 0 spiro atoms. The van der Waals surface area contributed by atoms with Crippen LogP contribution in [0.5, 0.6) is 11.5 Å². The zero-order valence-corrected chi connectivity index (χ0v) is 15.1. The Hall–Kier alpha value is -2.49. The zero-order valence-electron chi connectivity index (χ0n) is 15.1. The first kappa shape index (κ1) is 17.0. The quantitative estimate of drug-likeness (QED) is 0.900. The van der Waals surface area contributed by atoms with Crippen LogP contribution in [0.3, 0.4) is 0 Å². The monoisotopic (exact) mass is 351 g/mol. The van der Waals surface area contributed by atoms with Gasteiger partial charge in [-0.05, 0) is 66.5 Å². The van der Waals surface area contributed by atoms with Crippen molar-refractivity contribution in [3.63, 3.8) is 0 Å². The van der Waals surface area contributed by atoms with Crippen molar-refractivity contribution in [2.24, 2.45) is 0 Å². The fourth-order valence-electron chi connectivity index (χ4n) is 3.73. The number of hydrogen-bond acceptors (Lipinski definition) is 3. The Kier molecular flexibility index (Phi) is 5.09. The molecular weight excluding hydrogens is 326 g/mol. The topological polar surface area (TPSA) is 47.6 Å². The average Bonchev–Trinajstić information content (AvgIpc) is 2.68. The summed E-state index contributed by atoms with van der Waals surface area (Å²) in [6.07, 6.45) is 6.11. The van der Waals surface area contributed by atoms with Crippen LogP contribution in [0.1, 0.15) is 35.1 Å². The summed E-state index contributed by atoms with van der Waals surface area (Å²) in [6.45, 7) is 1.82. The summed E-state index contributed by atoms with van der Waals surface area (Å²) >= 11 is 0. The van der Waals surface area contributed by atoms with Crippen LogP contribution in [-0.2, 0) is 30.5 Å². The number of rotatable bonds is 5. The summed E-state index contributed by atoms with van der Waals surface area (Å²) in [4.78, 5) is 12.2. The number of carbonyl (C=O) groups excluding carboxylic acids is 1. The van der Waals surface area contributed by atoms with Gasteiger partial charge in [0, 0.05) is 6.54 Å². The molecule has 0 fully saturated rings. The molecule has 1 N–H and O–H groups in total.